The van der Waals surface area contributed by atoms with Crippen LogP contribution in [0.25, 0.3) is 0 Å². The zero-order valence-corrected chi connectivity index (χ0v) is 12.1. The first kappa shape index (κ1) is 14.7. The Bertz CT molecular complexity index is 533. The first-order valence-corrected chi connectivity index (χ1v) is 6.96. The lowest BCUT2D eigenvalue weighted by Crippen LogP contribution is -2.44. The largest absolute Gasteiger partial charge is 0.399 e. The van der Waals surface area contributed by atoms with Crippen LogP contribution in [0, 0.1) is 5.92 Å². The highest BCUT2D eigenvalue weighted by Crippen LogP contribution is 2.24. The molecule has 2 rings (SSSR count). The second kappa shape index (κ2) is 6.13. The summed E-state index contributed by atoms with van der Waals surface area (Å²) in [5.41, 5.74) is 6.59. The molecule has 0 aliphatic carbocycles. The Hall–Kier alpha value is -1.75. The van der Waals surface area contributed by atoms with Gasteiger partial charge in [-0.3, -0.25) is 9.59 Å². The van der Waals surface area contributed by atoms with Gasteiger partial charge in [0.1, 0.15) is 0 Å². The molecule has 0 saturated carbocycles. The molecule has 2 amide bonds. The Morgan fingerprint density at radius 2 is 2.20 bits per heavy atom. The number of carbonyl (C=O) groups is 2. The third-order valence-corrected chi connectivity index (χ3v) is 3.88. The summed E-state index contributed by atoms with van der Waals surface area (Å²) in [5, 5.41) is 3.01. The highest BCUT2D eigenvalue weighted by Gasteiger charge is 2.29. The van der Waals surface area contributed by atoms with Crippen molar-refractivity contribution in [3.63, 3.8) is 0 Å². The number of piperidine rings is 1. The maximum Gasteiger partial charge on any atom is 0.255 e. The van der Waals surface area contributed by atoms with Gasteiger partial charge in [0.2, 0.25) is 5.91 Å². The number of nitrogens with two attached hydrogens (primary N) is 1. The van der Waals surface area contributed by atoms with Gasteiger partial charge in [-0.1, -0.05) is 11.6 Å². The molecule has 6 heteroatoms. The van der Waals surface area contributed by atoms with E-state index in [1.807, 2.05) is 0 Å². The predicted molar refractivity (Wildman–Crippen MR) is 78.6 cm³/mol. The van der Waals surface area contributed by atoms with Gasteiger partial charge in [-0.15, -0.1) is 0 Å². The Morgan fingerprint density at radius 3 is 2.90 bits per heavy atom. The lowest BCUT2D eigenvalue weighted by atomic mass is 9.96. The van der Waals surface area contributed by atoms with Crippen LogP contribution in [0.1, 0.15) is 23.2 Å². The lowest BCUT2D eigenvalue weighted by Gasteiger charge is -2.32. The summed E-state index contributed by atoms with van der Waals surface area (Å²) in [7, 11) is 1.61. The van der Waals surface area contributed by atoms with E-state index in [2.05, 4.69) is 5.32 Å². The van der Waals surface area contributed by atoms with Crippen molar-refractivity contribution in [3.05, 3.63) is 28.8 Å². The van der Waals surface area contributed by atoms with E-state index in [1.165, 1.54) is 0 Å². The number of rotatable bonds is 2. The fourth-order valence-corrected chi connectivity index (χ4v) is 2.66. The third-order valence-electron chi connectivity index (χ3n) is 3.55. The van der Waals surface area contributed by atoms with Crippen molar-refractivity contribution in [1.82, 2.24) is 10.2 Å². The van der Waals surface area contributed by atoms with Crippen LogP contribution in [0.3, 0.4) is 0 Å². The number of nitrogen functional groups attached to an aromatic ring is 1. The maximum atomic E-state index is 12.5. The fourth-order valence-electron chi connectivity index (χ4n) is 2.46. The lowest BCUT2D eigenvalue weighted by molar-refractivity contribution is -0.125. The van der Waals surface area contributed by atoms with Gasteiger partial charge >= 0.3 is 0 Å². The summed E-state index contributed by atoms with van der Waals surface area (Å²) in [6.07, 6.45) is 1.61. The number of nitrogens with one attached hydrogen (secondary N) is 1. The molecule has 108 valence electrons. The molecule has 1 saturated heterocycles. The Morgan fingerprint density at radius 1 is 1.45 bits per heavy atom. The standard InChI is InChI=1S/C14H18ClN3O2/c1-17-13(19)9-3-2-6-18(8-9)14(20)11-7-10(16)4-5-12(11)15/h4-5,7,9H,2-3,6,8,16H2,1H3,(H,17,19). The fraction of sp³-hybridized carbons (Fsp3) is 0.429. The molecule has 0 bridgehead atoms. The van der Waals surface area contributed by atoms with E-state index in [0.29, 0.717) is 29.4 Å². The van der Waals surface area contributed by atoms with Gasteiger partial charge < -0.3 is 16.0 Å². The summed E-state index contributed by atoms with van der Waals surface area (Å²) in [4.78, 5) is 25.9. The third kappa shape index (κ3) is 3.04. The average Bonchev–Trinajstić information content (AvgIpc) is 2.48. The molecule has 1 aromatic rings. The normalized spacial score (nSPS) is 18.7. The van der Waals surface area contributed by atoms with Gasteiger partial charge in [-0.05, 0) is 31.0 Å². The molecule has 5 nitrogen and oxygen atoms in total. The molecule has 0 aromatic heterocycles. The van der Waals surface area contributed by atoms with Crippen molar-refractivity contribution in [2.75, 3.05) is 25.9 Å². The van der Waals surface area contributed by atoms with Crippen LogP contribution in [0.4, 0.5) is 5.69 Å². The van der Waals surface area contributed by atoms with Crippen molar-refractivity contribution in [2.24, 2.45) is 5.92 Å². The van der Waals surface area contributed by atoms with Gasteiger partial charge in [-0.2, -0.15) is 0 Å². The Labute approximate surface area is 123 Å². The number of nitrogens with zero attached hydrogens (tertiary/aromatic N) is 1. The molecule has 1 fully saturated rings. The van der Waals surface area contributed by atoms with Crippen molar-refractivity contribution in [2.45, 2.75) is 12.8 Å². The zero-order valence-electron chi connectivity index (χ0n) is 11.4. The topological polar surface area (TPSA) is 75.4 Å². The van der Waals surface area contributed by atoms with Crippen LogP contribution in [0.5, 0.6) is 0 Å². The van der Waals surface area contributed by atoms with E-state index in [9.17, 15) is 9.59 Å². The highest BCUT2D eigenvalue weighted by molar-refractivity contribution is 6.34. The highest BCUT2D eigenvalue weighted by atomic mass is 35.5. The molecule has 1 aromatic carbocycles. The summed E-state index contributed by atoms with van der Waals surface area (Å²) < 4.78 is 0. The Kier molecular flexibility index (Phi) is 4.49. The number of likely N-dealkylation sites (tertiary alicyclic amines) is 1. The second-order valence-corrected chi connectivity index (χ2v) is 5.35. The molecule has 0 spiro atoms. The summed E-state index contributed by atoms with van der Waals surface area (Å²) in [6, 6.07) is 4.85. The first-order valence-electron chi connectivity index (χ1n) is 6.59. The summed E-state index contributed by atoms with van der Waals surface area (Å²) in [6.45, 7) is 1.06. The van der Waals surface area contributed by atoms with Crippen molar-refractivity contribution >= 4 is 29.1 Å². The van der Waals surface area contributed by atoms with Crippen molar-refractivity contribution < 1.29 is 9.59 Å². The van der Waals surface area contributed by atoms with Crippen LogP contribution >= 0.6 is 11.6 Å². The van der Waals surface area contributed by atoms with Gasteiger partial charge in [0, 0.05) is 25.8 Å². The van der Waals surface area contributed by atoms with E-state index in [-0.39, 0.29) is 17.7 Å². The number of amides is 2. The molecule has 1 heterocycles. The molecular weight excluding hydrogens is 278 g/mol. The molecule has 1 aliphatic heterocycles. The number of hydrogen-bond acceptors (Lipinski definition) is 3. The number of benzene rings is 1. The molecule has 3 N–H and O–H groups in total. The van der Waals surface area contributed by atoms with E-state index >= 15 is 0 Å². The second-order valence-electron chi connectivity index (χ2n) is 4.94. The average molecular weight is 296 g/mol. The summed E-state index contributed by atoms with van der Waals surface area (Å²) >= 11 is 6.05. The van der Waals surface area contributed by atoms with Crippen LogP contribution in [0.15, 0.2) is 18.2 Å². The van der Waals surface area contributed by atoms with Gasteiger partial charge in [0.25, 0.3) is 5.91 Å². The smallest absolute Gasteiger partial charge is 0.255 e. The van der Waals surface area contributed by atoms with Crippen LogP contribution in [0.2, 0.25) is 5.02 Å². The first-order chi connectivity index (χ1) is 9.52. The SMILES string of the molecule is CNC(=O)C1CCCN(C(=O)c2cc(N)ccc2Cl)C1. The molecule has 20 heavy (non-hydrogen) atoms. The zero-order chi connectivity index (χ0) is 14.7. The monoisotopic (exact) mass is 295 g/mol. The van der Waals surface area contributed by atoms with Gasteiger partial charge in [0.05, 0.1) is 16.5 Å². The van der Waals surface area contributed by atoms with Gasteiger partial charge in [0.15, 0.2) is 0 Å². The minimum atomic E-state index is -0.170. The van der Waals surface area contributed by atoms with E-state index < -0.39 is 0 Å². The van der Waals surface area contributed by atoms with Gasteiger partial charge in [-0.25, -0.2) is 0 Å². The molecule has 0 radical (unpaired) electrons. The van der Waals surface area contributed by atoms with Crippen LogP contribution in [-0.2, 0) is 4.79 Å². The number of hydrogen-bond donors (Lipinski definition) is 2. The van der Waals surface area contributed by atoms with Crippen LogP contribution in [-0.4, -0.2) is 36.9 Å². The summed E-state index contributed by atoms with van der Waals surface area (Å²) in [5.74, 6) is -0.352. The van der Waals surface area contributed by atoms with E-state index in [4.69, 9.17) is 17.3 Å². The molecular formula is C14H18ClN3O2. The minimum absolute atomic E-state index is 0.0267. The van der Waals surface area contributed by atoms with E-state index in [1.54, 1.807) is 30.1 Å². The van der Waals surface area contributed by atoms with E-state index in [0.717, 1.165) is 12.8 Å². The quantitative estimate of drug-likeness (QED) is 0.812. The molecule has 1 atom stereocenters. The molecule has 1 aliphatic rings. The number of anilines is 1. The number of carbonyl (C=O) groups excluding carboxylic acids is 2. The van der Waals surface area contributed by atoms with Crippen molar-refractivity contribution in [3.8, 4) is 0 Å². The minimum Gasteiger partial charge on any atom is -0.399 e. The number of halogens is 1. The molecule has 1 unspecified atom stereocenters. The van der Waals surface area contributed by atoms with Crippen molar-refractivity contribution in [1.29, 1.82) is 0 Å². The Balaban J connectivity index is 2.16. The van der Waals surface area contributed by atoms with Crippen LogP contribution < -0.4 is 11.1 Å². The predicted octanol–water partition coefficient (Wildman–Crippen LogP) is 1.52. The maximum absolute atomic E-state index is 12.5.